The molecule has 108 valence electrons. The molecule has 1 rings (SSSR count). The van der Waals surface area contributed by atoms with Crippen LogP contribution in [0.25, 0.3) is 0 Å². The number of alkyl halides is 1. The highest BCUT2D eigenvalue weighted by molar-refractivity contribution is 9.09. The molecule has 0 N–H and O–H groups in total. The Labute approximate surface area is 120 Å². The number of carbonyl (C=O) groups is 2. The van der Waals surface area contributed by atoms with Crippen molar-refractivity contribution in [1.82, 2.24) is 4.90 Å². The minimum atomic E-state index is -0.284. The Hall–Kier alpha value is -0.760. The largest absolute Gasteiger partial charge is 0.378 e. The van der Waals surface area contributed by atoms with E-state index in [4.69, 9.17) is 14.2 Å². The van der Waals surface area contributed by atoms with E-state index in [-0.39, 0.29) is 18.4 Å². The van der Waals surface area contributed by atoms with Crippen molar-refractivity contribution in [2.75, 3.05) is 51.5 Å². The molecule has 0 fully saturated rings. The second kappa shape index (κ2) is 10.1. The fraction of sp³-hybridized carbons (Fsp3) is 0.667. The fourth-order valence-electron chi connectivity index (χ4n) is 1.40. The highest BCUT2D eigenvalue weighted by Crippen LogP contribution is 2.02. The van der Waals surface area contributed by atoms with Crippen molar-refractivity contribution in [2.45, 2.75) is 0 Å². The highest BCUT2D eigenvalue weighted by Gasteiger charge is 2.22. The summed E-state index contributed by atoms with van der Waals surface area (Å²) in [6.07, 6.45) is 2.52. The van der Waals surface area contributed by atoms with Crippen LogP contribution in [0, 0.1) is 0 Å². The maximum atomic E-state index is 11.2. The number of rotatable bonds is 11. The molecule has 0 aliphatic carbocycles. The van der Waals surface area contributed by atoms with Crippen molar-refractivity contribution >= 4 is 27.7 Å². The van der Waals surface area contributed by atoms with Gasteiger partial charge in [0.15, 0.2) is 0 Å². The first-order chi connectivity index (χ1) is 9.25. The number of nitrogens with zero attached hydrogens (tertiary/aromatic N) is 1. The van der Waals surface area contributed by atoms with Crippen LogP contribution >= 0.6 is 15.9 Å². The van der Waals surface area contributed by atoms with E-state index in [1.807, 2.05) is 0 Å². The van der Waals surface area contributed by atoms with Crippen molar-refractivity contribution in [1.29, 1.82) is 0 Å². The standard InChI is InChI=1S/C12H18BrNO5/c13-3-5-17-7-9-19-10-8-18-6-4-14-11(15)1-2-12(14)16/h1-2H,3-10H2. The topological polar surface area (TPSA) is 65.1 Å². The van der Waals surface area contributed by atoms with Crippen molar-refractivity contribution in [2.24, 2.45) is 0 Å². The summed E-state index contributed by atoms with van der Waals surface area (Å²) in [5.74, 6) is -0.567. The van der Waals surface area contributed by atoms with Gasteiger partial charge in [-0.15, -0.1) is 0 Å². The van der Waals surface area contributed by atoms with E-state index in [0.717, 1.165) is 10.2 Å². The molecule has 0 unspecified atom stereocenters. The van der Waals surface area contributed by atoms with Gasteiger partial charge < -0.3 is 14.2 Å². The summed E-state index contributed by atoms with van der Waals surface area (Å²) < 4.78 is 15.7. The predicted octanol–water partition coefficient (Wildman–Crippen LogP) is 0.356. The third kappa shape index (κ3) is 6.81. The Morgan fingerprint density at radius 3 is 1.84 bits per heavy atom. The van der Waals surface area contributed by atoms with Crippen LogP contribution in [-0.4, -0.2) is 68.2 Å². The Kier molecular flexibility index (Phi) is 8.64. The summed E-state index contributed by atoms with van der Waals surface area (Å²) in [4.78, 5) is 23.5. The number of amides is 2. The zero-order chi connectivity index (χ0) is 13.9. The van der Waals surface area contributed by atoms with Gasteiger partial charge in [0.05, 0.1) is 46.2 Å². The molecule has 1 heterocycles. The van der Waals surface area contributed by atoms with E-state index >= 15 is 0 Å². The van der Waals surface area contributed by atoms with E-state index in [9.17, 15) is 9.59 Å². The van der Waals surface area contributed by atoms with E-state index < -0.39 is 0 Å². The molecule has 1 aliphatic rings. The maximum absolute atomic E-state index is 11.2. The molecule has 6 nitrogen and oxygen atoms in total. The van der Waals surface area contributed by atoms with Gasteiger partial charge in [0.2, 0.25) is 0 Å². The summed E-state index contributed by atoms with van der Waals surface area (Å²) in [7, 11) is 0. The lowest BCUT2D eigenvalue weighted by Gasteiger charge is -2.13. The Morgan fingerprint density at radius 2 is 1.32 bits per heavy atom. The Morgan fingerprint density at radius 1 is 0.842 bits per heavy atom. The number of hydrogen-bond acceptors (Lipinski definition) is 5. The Bertz CT molecular complexity index is 303. The summed E-state index contributed by atoms with van der Waals surface area (Å²) in [6.45, 7) is 3.27. The van der Waals surface area contributed by atoms with Crippen LogP contribution in [0.15, 0.2) is 12.2 Å². The van der Waals surface area contributed by atoms with E-state index in [0.29, 0.717) is 39.6 Å². The smallest absolute Gasteiger partial charge is 0.253 e. The lowest BCUT2D eigenvalue weighted by Crippen LogP contribution is -2.33. The summed E-state index contributed by atoms with van der Waals surface area (Å²) >= 11 is 3.25. The second-order valence-electron chi connectivity index (χ2n) is 3.69. The number of imide groups is 1. The lowest BCUT2D eigenvalue weighted by atomic mass is 10.5. The van der Waals surface area contributed by atoms with Gasteiger partial charge >= 0.3 is 0 Å². The summed E-state index contributed by atoms with van der Waals surface area (Å²) in [5, 5.41) is 0.818. The monoisotopic (exact) mass is 335 g/mol. The molecule has 2 amide bonds. The quantitative estimate of drug-likeness (QED) is 0.310. The van der Waals surface area contributed by atoms with Crippen LogP contribution in [0.1, 0.15) is 0 Å². The lowest BCUT2D eigenvalue weighted by molar-refractivity contribution is -0.137. The van der Waals surface area contributed by atoms with Gasteiger partial charge in [-0.2, -0.15) is 0 Å². The van der Waals surface area contributed by atoms with Crippen molar-refractivity contribution in [3.63, 3.8) is 0 Å². The normalized spacial score (nSPS) is 14.7. The van der Waals surface area contributed by atoms with E-state index in [2.05, 4.69) is 15.9 Å². The molecule has 7 heteroatoms. The van der Waals surface area contributed by atoms with Crippen LogP contribution in [-0.2, 0) is 23.8 Å². The van der Waals surface area contributed by atoms with E-state index in [1.165, 1.54) is 12.2 Å². The molecule has 1 aliphatic heterocycles. The first-order valence-electron chi connectivity index (χ1n) is 6.08. The SMILES string of the molecule is O=C1C=CC(=O)N1CCOCCOCCOCCBr. The summed E-state index contributed by atoms with van der Waals surface area (Å²) in [6, 6.07) is 0. The molecule has 0 aromatic heterocycles. The molecule has 19 heavy (non-hydrogen) atoms. The molecular formula is C12H18BrNO5. The van der Waals surface area contributed by atoms with Crippen LogP contribution in [0.5, 0.6) is 0 Å². The second-order valence-corrected chi connectivity index (χ2v) is 4.48. The van der Waals surface area contributed by atoms with Gasteiger partial charge in [0.25, 0.3) is 11.8 Å². The average molecular weight is 336 g/mol. The number of halogens is 1. The molecule has 0 saturated heterocycles. The van der Waals surface area contributed by atoms with E-state index in [1.54, 1.807) is 0 Å². The van der Waals surface area contributed by atoms with Crippen molar-refractivity contribution in [3.8, 4) is 0 Å². The maximum Gasteiger partial charge on any atom is 0.253 e. The van der Waals surface area contributed by atoms with Crippen LogP contribution in [0.2, 0.25) is 0 Å². The van der Waals surface area contributed by atoms with Gasteiger partial charge in [0, 0.05) is 17.5 Å². The molecule has 0 spiro atoms. The molecule has 0 radical (unpaired) electrons. The van der Waals surface area contributed by atoms with Crippen LogP contribution in [0.3, 0.4) is 0 Å². The Balaban J connectivity index is 1.86. The molecule has 0 aromatic rings. The number of ether oxygens (including phenoxy) is 3. The third-order valence-electron chi connectivity index (χ3n) is 2.33. The minimum Gasteiger partial charge on any atom is -0.378 e. The van der Waals surface area contributed by atoms with Gasteiger partial charge in [0.1, 0.15) is 0 Å². The molecule has 0 aromatic carbocycles. The number of hydrogen-bond donors (Lipinski definition) is 0. The molecule has 0 bridgehead atoms. The van der Waals surface area contributed by atoms with Crippen molar-refractivity contribution in [3.05, 3.63) is 12.2 Å². The molecular weight excluding hydrogens is 318 g/mol. The average Bonchev–Trinajstić information content (AvgIpc) is 2.72. The zero-order valence-corrected chi connectivity index (χ0v) is 12.3. The predicted molar refractivity (Wildman–Crippen MR) is 72.1 cm³/mol. The zero-order valence-electron chi connectivity index (χ0n) is 10.7. The highest BCUT2D eigenvalue weighted by atomic mass is 79.9. The van der Waals surface area contributed by atoms with Gasteiger partial charge in [-0.05, 0) is 0 Å². The van der Waals surface area contributed by atoms with Crippen molar-refractivity contribution < 1.29 is 23.8 Å². The van der Waals surface area contributed by atoms with Gasteiger partial charge in [-0.1, -0.05) is 15.9 Å². The fourth-order valence-corrected chi connectivity index (χ4v) is 1.63. The molecule has 0 saturated carbocycles. The minimum absolute atomic E-state index is 0.277. The third-order valence-corrected chi connectivity index (χ3v) is 2.65. The number of carbonyl (C=O) groups excluding carboxylic acids is 2. The van der Waals surface area contributed by atoms with Crippen LogP contribution in [0.4, 0.5) is 0 Å². The summed E-state index contributed by atoms with van der Waals surface area (Å²) in [5.41, 5.74) is 0. The van der Waals surface area contributed by atoms with Crippen LogP contribution < -0.4 is 0 Å². The van der Waals surface area contributed by atoms with Gasteiger partial charge in [-0.25, -0.2) is 0 Å². The first kappa shape index (κ1) is 16.3. The first-order valence-corrected chi connectivity index (χ1v) is 7.20. The molecule has 0 atom stereocenters. The van der Waals surface area contributed by atoms with Gasteiger partial charge in [-0.3, -0.25) is 14.5 Å².